The molecule has 6 aromatic rings. The zero-order chi connectivity index (χ0) is 37.3. The van der Waals surface area contributed by atoms with Gasteiger partial charge >= 0.3 is 11.7 Å². The maximum Gasteiger partial charge on any atom is 0.539 e. The third-order valence-corrected chi connectivity index (χ3v) is 9.80. The Morgan fingerprint density at radius 3 is 1.52 bits per heavy atom. The molecular weight excluding hydrogens is 649 g/mol. The molecule has 0 aliphatic carbocycles. The highest BCUT2D eigenvalue weighted by Crippen LogP contribution is 2.46. The third-order valence-electron chi connectivity index (χ3n) is 9.80. The van der Waals surface area contributed by atoms with Gasteiger partial charge in [0.15, 0.2) is 0 Å². The van der Waals surface area contributed by atoms with Gasteiger partial charge in [-0.1, -0.05) is 134 Å². The van der Waals surface area contributed by atoms with Crippen LogP contribution in [0.25, 0.3) is 60.6 Å². The minimum absolute atomic E-state index is 0.0653. The summed E-state index contributed by atoms with van der Waals surface area (Å²) in [6.07, 6.45) is 0. The van der Waals surface area contributed by atoms with Crippen LogP contribution in [0.15, 0.2) is 94.8 Å². The van der Waals surface area contributed by atoms with Crippen molar-refractivity contribution >= 4 is 33.4 Å². The maximum atomic E-state index is 12.3. The molecule has 0 saturated heterocycles. The van der Waals surface area contributed by atoms with Crippen LogP contribution in [0.3, 0.4) is 0 Å². The van der Waals surface area contributed by atoms with E-state index in [2.05, 4.69) is 123 Å². The largest absolute Gasteiger partial charge is 0.539 e. The Kier molecular flexibility index (Phi) is 8.24. The Labute approximate surface area is 304 Å². The molecular formula is C42H44N8O2. The van der Waals surface area contributed by atoms with Gasteiger partial charge in [-0.15, -0.1) is 0 Å². The lowest BCUT2D eigenvalue weighted by atomic mass is 9.79. The Bertz CT molecular complexity index is 2460. The van der Waals surface area contributed by atoms with Crippen LogP contribution in [0.2, 0.25) is 0 Å². The summed E-state index contributed by atoms with van der Waals surface area (Å²) in [5.41, 5.74) is 12.6. The van der Waals surface area contributed by atoms with E-state index in [0.29, 0.717) is 11.7 Å². The Morgan fingerprint density at radius 1 is 0.615 bits per heavy atom. The summed E-state index contributed by atoms with van der Waals surface area (Å²) in [7, 11) is 6.53. The number of fused-ring (bicyclic) bond motifs is 2. The molecule has 10 nitrogen and oxygen atoms in total. The fourth-order valence-corrected chi connectivity index (χ4v) is 6.78. The molecule has 0 unspecified atom stereocenters. The van der Waals surface area contributed by atoms with Crippen LogP contribution in [0, 0.1) is 0 Å². The minimum Gasteiger partial charge on any atom is -0.369 e. The first kappa shape index (κ1) is 34.5. The smallest absolute Gasteiger partial charge is 0.369 e. The first-order valence-electron chi connectivity index (χ1n) is 17.4. The molecule has 1 aliphatic rings. The molecule has 52 heavy (non-hydrogen) atoms. The lowest BCUT2D eigenvalue weighted by Gasteiger charge is -2.38. The van der Waals surface area contributed by atoms with Gasteiger partial charge in [0.05, 0.1) is 0 Å². The van der Waals surface area contributed by atoms with E-state index in [-0.39, 0.29) is 22.6 Å². The lowest BCUT2D eigenvalue weighted by molar-refractivity contribution is -0.749. The summed E-state index contributed by atoms with van der Waals surface area (Å²) < 4.78 is 2.61. The molecule has 0 spiro atoms. The SMILES string of the molecule is CN1N=C(c2ccc(-c3c4ccc(C(C)(C)C)cc4c(-c4ccc(-c5nn(C)c(=O)[n+](C)n5)cc4)c4ccc(C(C)(C)C)cc34)cc2)[N-]N(C)C1=O. The number of rotatable bonds is 4. The van der Waals surface area contributed by atoms with Gasteiger partial charge < -0.3 is 20.5 Å². The molecule has 10 heteroatoms. The highest BCUT2D eigenvalue weighted by molar-refractivity contribution is 6.22. The van der Waals surface area contributed by atoms with Crippen LogP contribution in [-0.4, -0.2) is 50.9 Å². The van der Waals surface area contributed by atoms with Gasteiger partial charge in [-0.25, -0.2) is 4.79 Å². The van der Waals surface area contributed by atoms with E-state index in [9.17, 15) is 9.59 Å². The number of benzene rings is 5. The normalized spacial score (nSPS) is 13.9. The van der Waals surface area contributed by atoms with Gasteiger partial charge in [-0.05, 0) is 89.3 Å². The van der Waals surface area contributed by atoms with Crippen molar-refractivity contribution in [3.05, 3.63) is 118 Å². The number of amides is 2. The number of carbonyl (C=O) groups is 1. The van der Waals surface area contributed by atoms with E-state index in [4.69, 9.17) is 0 Å². The molecule has 2 amide bonds. The zero-order valence-corrected chi connectivity index (χ0v) is 31.5. The van der Waals surface area contributed by atoms with Crippen molar-refractivity contribution < 1.29 is 9.48 Å². The van der Waals surface area contributed by atoms with Crippen molar-refractivity contribution in [1.82, 2.24) is 24.9 Å². The summed E-state index contributed by atoms with van der Waals surface area (Å²) >= 11 is 0. The molecule has 0 radical (unpaired) electrons. The number of aromatic nitrogens is 4. The molecule has 0 saturated carbocycles. The van der Waals surface area contributed by atoms with E-state index in [1.54, 1.807) is 28.2 Å². The fraction of sp³-hybridized carbons (Fsp3) is 0.286. The fourth-order valence-electron chi connectivity index (χ4n) is 6.78. The van der Waals surface area contributed by atoms with Crippen LogP contribution in [0.4, 0.5) is 4.79 Å². The molecule has 0 fully saturated rings. The van der Waals surface area contributed by atoms with Crippen molar-refractivity contribution in [3.8, 4) is 33.6 Å². The summed E-state index contributed by atoms with van der Waals surface area (Å²) in [6.45, 7) is 13.5. The van der Waals surface area contributed by atoms with Crippen molar-refractivity contribution in [2.75, 3.05) is 14.1 Å². The average molecular weight is 693 g/mol. The van der Waals surface area contributed by atoms with Crippen molar-refractivity contribution in [2.24, 2.45) is 19.2 Å². The van der Waals surface area contributed by atoms with Gasteiger partial charge in [-0.3, -0.25) is 0 Å². The minimum atomic E-state index is -0.285. The molecule has 0 bridgehead atoms. The Balaban J connectivity index is 1.49. The molecule has 0 atom stereocenters. The van der Waals surface area contributed by atoms with Gasteiger partial charge in [0.2, 0.25) is 5.82 Å². The van der Waals surface area contributed by atoms with Crippen molar-refractivity contribution in [2.45, 2.75) is 52.4 Å². The molecule has 1 aliphatic heterocycles. The van der Waals surface area contributed by atoms with Crippen LogP contribution in [-0.2, 0) is 24.9 Å². The second-order valence-corrected chi connectivity index (χ2v) is 15.6. The number of aryl methyl sites for hydroxylation is 2. The number of carbonyl (C=O) groups excluding carboxylic acids is 1. The summed E-state index contributed by atoms with van der Waals surface area (Å²) in [5.74, 6) is 0.956. The van der Waals surface area contributed by atoms with E-state index in [1.165, 1.54) is 30.5 Å². The second kappa shape index (κ2) is 12.4. The number of hydrogen-bond acceptors (Lipinski definition) is 5. The Hall–Kier alpha value is -5.90. The number of urea groups is 1. The zero-order valence-electron chi connectivity index (χ0n) is 31.5. The molecule has 5 aromatic carbocycles. The summed E-state index contributed by atoms with van der Waals surface area (Å²) in [5, 5.41) is 20.5. The Morgan fingerprint density at radius 2 is 1.08 bits per heavy atom. The van der Waals surface area contributed by atoms with Gasteiger partial charge in [0, 0.05) is 19.7 Å². The second-order valence-electron chi connectivity index (χ2n) is 15.6. The van der Waals surface area contributed by atoms with Gasteiger partial charge in [-0.2, -0.15) is 4.79 Å². The number of nitrogens with zero attached hydrogens (tertiary/aromatic N) is 8. The third kappa shape index (κ3) is 6.08. The first-order valence-corrected chi connectivity index (χ1v) is 17.4. The van der Waals surface area contributed by atoms with Crippen molar-refractivity contribution in [1.29, 1.82) is 0 Å². The quantitative estimate of drug-likeness (QED) is 0.139. The standard InChI is InChI=1S/C42H44N8O2/c1-41(2,3)29-19-21-31-33(23-29)35(25-11-15-27(16-12-25)37-43-47(7)39(51)48(8)44-37)32-22-20-30(42(4,5)6)24-34(32)36(31)26-13-17-28(18-14-26)38-45-49(9)40(52)50(10)46-38/h11-24H,1-10H3. The molecule has 0 N–H and O–H groups in total. The van der Waals surface area contributed by atoms with Crippen LogP contribution in [0.5, 0.6) is 0 Å². The van der Waals surface area contributed by atoms with Crippen LogP contribution < -0.4 is 10.4 Å². The first-order chi connectivity index (χ1) is 24.5. The number of hydrogen-bond donors (Lipinski definition) is 0. The maximum absolute atomic E-state index is 12.3. The van der Waals surface area contributed by atoms with Crippen molar-refractivity contribution in [3.63, 3.8) is 0 Å². The lowest BCUT2D eigenvalue weighted by Crippen LogP contribution is -2.54. The highest BCUT2D eigenvalue weighted by atomic mass is 16.2. The van der Waals surface area contributed by atoms with Crippen LogP contribution >= 0.6 is 0 Å². The number of hydrazone groups is 1. The predicted molar refractivity (Wildman–Crippen MR) is 208 cm³/mol. The molecule has 264 valence electrons. The van der Waals surface area contributed by atoms with E-state index < -0.39 is 0 Å². The summed E-state index contributed by atoms with van der Waals surface area (Å²) in [6, 6.07) is 30.1. The highest BCUT2D eigenvalue weighted by Gasteiger charge is 2.23. The van der Waals surface area contributed by atoms with E-state index >= 15 is 0 Å². The van der Waals surface area contributed by atoms with Crippen LogP contribution in [0.1, 0.15) is 58.2 Å². The van der Waals surface area contributed by atoms with Gasteiger partial charge in [0.1, 0.15) is 14.1 Å². The predicted octanol–water partition coefficient (Wildman–Crippen LogP) is 7.85. The monoisotopic (exact) mass is 692 g/mol. The van der Waals surface area contributed by atoms with E-state index in [1.807, 2.05) is 24.3 Å². The van der Waals surface area contributed by atoms with Gasteiger partial charge in [0.25, 0.3) is 0 Å². The van der Waals surface area contributed by atoms with E-state index in [0.717, 1.165) is 54.9 Å². The molecule has 2 heterocycles. The molecule has 1 aromatic heterocycles. The number of amidine groups is 1. The average Bonchev–Trinajstić information content (AvgIpc) is 3.10. The summed E-state index contributed by atoms with van der Waals surface area (Å²) in [4.78, 5) is 24.5. The molecule has 7 rings (SSSR count). The topological polar surface area (TPSA) is 102 Å².